The molecule has 1 heterocycles. The van der Waals surface area contributed by atoms with Crippen molar-refractivity contribution in [3.8, 4) is 6.07 Å². The molecule has 6 heteroatoms. The van der Waals surface area contributed by atoms with E-state index in [-0.39, 0.29) is 0 Å². The summed E-state index contributed by atoms with van der Waals surface area (Å²) in [5.74, 6) is 1.71. The van der Waals surface area contributed by atoms with E-state index in [1.807, 2.05) is 12.1 Å². The molecule has 1 aromatic heterocycles. The molecule has 2 aromatic carbocycles. The topological polar surface area (TPSA) is 86.5 Å². The van der Waals surface area contributed by atoms with Crippen LogP contribution in [-0.4, -0.2) is 15.2 Å². The van der Waals surface area contributed by atoms with E-state index >= 15 is 0 Å². The van der Waals surface area contributed by atoms with Crippen molar-refractivity contribution < 1.29 is 0 Å². The van der Waals surface area contributed by atoms with Gasteiger partial charge in [-0.2, -0.15) is 15.3 Å². The van der Waals surface area contributed by atoms with Crippen LogP contribution in [0.1, 0.15) is 56.2 Å². The van der Waals surface area contributed by atoms with Crippen LogP contribution in [0.15, 0.2) is 48.7 Å². The first-order valence-electron chi connectivity index (χ1n) is 9.34. The number of nitrogens with zero attached hydrogens (tertiary/aromatic N) is 4. The average molecular weight is 372 g/mol. The second-order valence-electron chi connectivity index (χ2n) is 7.23. The fourth-order valence-electron chi connectivity index (χ4n) is 3.04. The van der Waals surface area contributed by atoms with Gasteiger partial charge in [-0.1, -0.05) is 52.0 Å². The minimum Gasteiger partial charge on any atom is -0.339 e. The molecular formula is C22H24N6. The van der Waals surface area contributed by atoms with Crippen molar-refractivity contribution in [2.45, 2.75) is 39.5 Å². The lowest BCUT2D eigenvalue weighted by Gasteiger charge is -2.20. The Morgan fingerprint density at radius 1 is 0.929 bits per heavy atom. The van der Waals surface area contributed by atoms with Gasteiger partial charge in [0.05, 0.1) is 17.8 Å². The summed E-state index contributed by atoms with van der Waals surface area (Å²) in [6.45, 7) is 8.68. The van der Waals surface area contributed by atoms with E-state index in [1.54, 1.807) is 18.3 Å². The van der Waals surface area contributed by atoms with Gasteiger partial charge in [0.2, 0.25) is 5.95 Å². The van der Waals surface area contributed by atoms with Crippen LogP contribution in [0.3, 0.4) is 0 Å². The maximum atomic E-state index is 9.05. The minimum absolute atomic E-state index is 0.365. The van der Waals surface area contributed by atoms with Crippen LogP contribution in [0.4, 0.5) is 23.1 Å². The monoisotopic (exact) mass is 372 g/mol. The standard InChI is InChI=1S/C22H24N6/c1-14(2)18-9-6-10-19(15(3)4)21(18)27-22-26-20(13-24-28-22)25-17-8-5-7-16(11-17)12-23/h5-11,13-15H,1-4H3,(H2,25,26,27,28). The molecule has 6 nitrogen and oxygen atoms in total. The first-order chi connectivity index (χ1) is 13.5. The van der Waals surface area contributed by atoms with E-state index < -0.39 is 0 Å². The average Bonchev–Trinajstić information content (AvgIpc) is 2.68. The summed E-state index contributed by atoms with van der Waals surface area (Å²) in [6.07, 6.45) is 1.56. The molecule has 0 aliphatic heterocycles. The molecule has 0 saturated heterocycles. The van der Waals surface area contributed by atoms with E-state index in [2.05, 4.69) is 77.8 Å². The van der Waals surface area contributed by atoms with E-state index in [1.165, 1.54) is 11.1 Å². The second-order valence-corrected chi connectivity index (χ2v) is 7.23. The molecular weight excluding hydrogens is 348 g/mol. The Morgan fingerprint density at radius 3 is 2.25 bits per heavy atom. The Hall–Kier alpha value is -3.46. The predicted octanol–water partition coefficient (Wildman–Crippen LogP) is 5.48. The highest BCUT2D eigenvalue weighted by Gasteiger charge is 2.15. The van der Waals surface area contributed by atoms with Gasteiger partial charge in [-0.05, 0) is 41.2 Å². The quantitative estimate of drug-likeness (QED) is 0.596. The first kappa shape index (κ1) is 19.3. The maximum absolute atomic E-state index is 9.05. The molecule has 0 fully saturated rings. The van der Waals surface area contributed by atoms with Gasteiger partial charge in [-0.25, -0.2) is 0 Å². The zero-order chi connectivity index (χ0) is 20.1. The highest BCUT2D eigenvalue weighted by Crippen LogP contribution is 2.33. The van der Waals surface area contributed by atoms with Crippen molar-refractivity contribution in [3.63, 3.8) is 0 Å². The number of aromatic nitrogens is 3. The van der Waals surface area contributed by atoms with Crippen LogP contribution >= 0.6 is 0 Å². The SMILES string of the molecule is CC(C)c1cccc(C(C)C)c1Nc1nncc(Nc2cccc(C#N)c2)n1. The Kier molecular flexibility index (Phi) is 5.85. The first-order valence-corrected chi connectivity index (χ1v) is 9.34. The number of nitriles is 1. The van der Waals surface area contributed by atoms with Gasteiger partial charge in [-0.15, -0.1) is 5.10 Å². The van der Waals surface area contributed by atoms with Gasteiger partial charge in [-0.3, -0.25) is 0 Å². The Balaban J connectivity index is 1.90. The van der Waals surface area contributed by atoms with E-state index in [0.717, 1.165) is 11.4 Å². The van der Waals surface area contributed by atoms with E-state index in [9.17, 15) is 0 Å². The third kappa shape index (κ3) is 4.44. The fourth-order valence-corrected chi connectivity index (χ4v) is 3.04. The number of anilines is 4. The fraction of sp³-hybridized carbons (Fsp3) is 0.273. The third-order valence-electron chi connectivity index (χ3n) is 4.43. The zero-order valence-electron chi connectivity index (χ0n) is 16.6. The van der Waals surface area contributed by atoms with Gasteiger partial charge in [0, 0.05) is 11.4 Å². The molecule has 3 aromatic rings. The smallest absolute Gasteiger partial charge is 0.249 e. The Labute approximate surface area is 165 Å². The molecule has 0 amide bonds. The van der Waals surface area contributed by atoms with Crippen LogP contribution in [0.2, 0.25) is 0 Å². The zero-order valence-corrected chi connectivity index (χ0v) is 16.6. The molecule has 142 valence electrons. The van der Waals surface area contributed by atoms with Crippen molar-refractivity contribution in [1.29, 1.82) is 5.26 Å². The summed E-state index contributed by atoms with van der Waals surface area (Å²) in [4.78, 5) is 4.54. The van der Waals surface area contributed by atoms with Crippen LogP contribution in [-0.2, 0) is 0 Å². The van der Waals surface area contributed by atoms with Crippen molar-refractivity contribution in [3.05, 3.63) is 65.4 Å². The summed E-state index contributed by atoms with van der Waals surface area (Å²) in [7, 11) is 0. The molecule has 0 saturated carbocycles. The second kappa shape index (κ2) is 8.49. The molecule has 0 aliphatic carbocycles. The summed E-state index contributed by atoms with van der Waals surface area (Å²) in [5.41, 5.74) is 4.83. The van der Waals surface area contributed by atoms with Gasteiger partial charge in [0.25, 0.3) is 0 Å². The van der Waals surface area contributed by atoms with Crippen LogP contribution in [0, 0.1) is 11.3 Å². The normalized spacial score (nSPS) is 10.8. The molecule has 0 spiro atoms. The maximum Gasteiger partial charge on any atom is 0.249 e. The van der Waals surface area contributed by atoms with Gasteiger partial charge in [0.15, 0.2) is 5.82 Å². The van der Waals surface area contributed by atoms with Crippen LogP contribution < -0.4 is 10.6 Å². The lowest BCUT2D eigenvalue weighted by Crippen LogP contribution is -2.07. The molecule has 3 rings (SSSR count). The number of hydrogen-bond acceptors (Lipinski definition) is 6. The molecule has 0 atom stereocenters. The molecule has 2 N–H and O–H groups in total. The number of hydrogen-bond donors (Lipinski definition) is 2. The summed E-state index contributed by atoms with van der Waals surface area (Å²) in [6, 6.07) is 15.7. The van der Waals surface area contributed by atoms with Crippen molar-refractivity contribution in [2.75, 3.05) is 10.6 Å². The highest BCUT2D eigenvalue weighted by molar-refractivity contribution is 5.66. The molecule has 0 aliphatic rings. The van der Waals surface area contributed by atoms with Crippen LogP contribution in [0.5, 0.6) is 0 Å². The predicted molar refractivity (Wildman–Crippen MR) is 112 cm³/mol. The highest BCUT2D eigenvalue weighted by atomic mass is 15.3. The Bertz CT molecular complexity index is 978. The van der Waals surface area contributed by atoms with Crippen molar-refractivity contribution >= 4 is 23.1 Å². The molecule has 0 unspecified atom stereocenters. The van der Waals surface area contributed by atoms with Crippen LogP contribution in [0.25, 0.3) is 0 Å². The number of nitrogens with one attached hydrogen (secondary N) is 2. The molecule has 0 bridgehead atoms. The summed E-state index contributed by atoms with van der Waals surface area (Å²) in [5, 5.41) is 23.8. The van der Waals surface area contributed by atoms with Gasteiger partial charge < -0.3 is 10.6 Å². The van der Waals surface area contributed by atoms with E-state index in [4.69, 9.17) is 5.26 Å². The number of benzene rings is 2. The third-order valence-corrected chi connectivity index (χ3v) is 4.43. The lowest BCUT2D eigenvalue weighted by molar-refractivity contribution is 0.836. The number of para-hydroxylation sites is 1. The van der Waals surface area contributed by atoms with Crippen molar-refractivity contribution in [2.24, 2.45) is 0 Å². The van der Waals surface area contributed by atoms with Gasteiger partial charge in [0.1, 0.15) is 0 Å². The summed E-state index contributed by atoms with van der Waals surface area (Å²) >= 11 is 0. The van der Waals surface area contributed by atoms with Crippen molar-refractivity contribution in [1.82, 2.24) is 15.2 Å². The largest absolute Gasteiger partial charge is 0.339 e. The number of rotatable bonds is 6. The summed E-state index contributed by atoms with van der Waals surface area (Å²) < 4.78 is 0. The lowest BCUT2D eigenvalue weighted by atomic mass is 9.93. The Morgan fingerprint density at radius 2 is 1.61 bits per heavy atom. The molecule has 0 radical (unpaired) electrons. The van der Waals surface area contributed by atoms with E-state index in [0.29, 0.717) is 29.2 Å². The van der Waals surface area contributed by atoms with Gasteiger partial charge >= 0.3 is 0 Å². The molecule has 28 heavy (non-hydrogen) atoms. The minimum atomic E-state index is 0.365.